The molecule has 0 unspecified atom stereocenters. The number of hydrogen-bond acceptors (Lipinski definition) is 4. The molecule has 0 aliphatic carbocycles. The van der Waals surface area contributed by atoms with E-state index in [1.807, 2.05) is 32.9 Å². The maximum Gasteiger partial charge on any atom is 0.328 e. The van der Waals surface area contributed by atoms with Crippen molar-refractivity contribution in [2.45, 2.75) is 143 Å². The molecule has 0 aromatic heterocycles. The van der Waals surface area contributed by atoms with Crippen molar-refractivity contribution in [3.63, 3.8) is 0 Å². The number of hydrogen-bond donors (Lipinski definition) is 0. The van der Waals surface area contributed by atoms with Gasteiger partial charge in [-0.05, 0) is 43.9 Å². The molecular weight excluding hydrogens is 448 g/mol. The monoisotopic (exact) mass is 502 g/mol. The number of aryl methyl sites for hydroxylation is 1. The lowest BCUT2D eigenvalue weighted by Gasteiger charge is -2.26. The molecule has 1 rings (SSSR count). The quantitative estimate of drug-likeness (QED) is 0.0685. The second kappa shape index (κ2) is 20.2. The van der Waals surface area contributed by atoms with Crippen molar-refractivity contribution in [2.24, 2.45) is 5.41 Å². The highest BCUT2D eigenvalue weighted by Gasteiger charge is 2.46. The van der Waals surface area contributed by atoms with Gasteiger partial charge < -0.3 is 9.47 Å². The van der Waals surface area contributed by atoms with Gasteiger partial charge in [0.2, 0.25) is 0 Å². The zero-order chi connectivity index (χ0) is 26.5. The molecule has 0 N–H and O–H groups in total. The molecular formula is C32H54O4. The lowest BCUT2D eigenvalue weighted by molar-refractivity contribution is -0.168. The summed E-state index contributed by atoms with van der Waals surface area (Å²) in [5, 5.41) is 0. The molecule has 0 amide bonds. The van der Waals surface area contributed by atoms with Crippen LogP contribution in [0.4, 0.5) is 0 Å². The van der Waals surface area contributed by atoms with Gasteiger partial charge in [0.1, 0.15) is 5.75 Å². The van der Waals surface area contributed by atoms with Gasteiger partial charge in [-0.3, -0.25) is 9.59 Å². The van der Waals surface area contributed by atoms with Gasteiger partial charge in [-0.25, -0.2) is 0 Å². The molecule has 0 saturated carbocycles. The van der Waals surface area contributed by atoms with Crippen molar-refractivity contribution in [1.29, 1.82) is 0 Å². The minimum Gasteiger partial charge on any atom is -0.465 e. The van der Waals surface area contributed by atoms with Crippen LogP contribution < -0.4 is 4.74 Å². The van der Waals surface area contributed by atoms with Gasteiger partial charge in [-0.15, -0.1) is 0 Å². The Labute approximate surface area is 221 Å². The summed E-state index contributed by atoms with van der Waals surface area (Å²) in [6.07, 6.45) is 21.7. The number of esters is 2. The predicted molar refractivity (Wildman–Crippen MR) is 150 cm³/mol. The zero-order valence-electron chi connectivity index (χ0n) is 23.9. The number of rotatable bonds is 22. The van der Waals surface area contributed by atoms with Crippen LogP contribution in [0.1, 0.15) is 142 Å². The number of carbonyl (C=O) groups excluding carboxylic acids is 2. The average molecular weight is 503 g/mol. The van der Waals surface area contributed by atoms with E-state index >= 15 is 0 Å². The van der Waals surface area contributed by atoms with E-state index in [1.54, 1.807) is 12.1 Å². The van der Waals surface area contributed by atoms with Crippen molar-refractivity contribution in [3.05, 3.63) is 29.8 Å². The topological polar surface area (TPSA) is 52.6 Å². The zero-order valence-corrected chi connectivity index (χ0v) is 23.9. The first kappa shape index (κ1) is 32.2. The van der Waals surface area contributed by atoms with Gasteiger partial charge >= 0.3 is 11.9 Å². The van der Waals surface area contributed by atoms with Gasteiger partial charge in [0.25, 0.3) is 0 Å². The van der Waals surface area contributed by atoms with Crippen LogP contribution in [0, 0.1) is 12.3 Å². The van der Waals surface area contributed by atoms with Crippen molar-refractivity contribution in [3.8, 4) is 5.75 Å². The normalized spacial score (nSPS) is 11.4. The molecule has 0 bridgehead atoms. The van der Waals surface area contributed by atoms with E-state index in [0.29, 0.717) is 25.2 Å². The molecule has 4 heteroatoms. The number of benzene rings is 1. The Hall–Kier alpha value is -1.84. The molecule has 0 heterocycles. The van der Waals surface area contributed by atoms with Crippen LogP contribution in [-0.2, 0) is 14.3 Å². The van der Waals surface area contributed by atoms with Gasteiger partial charge in [-0.1, -0.05) is 129 Å². The largest absolute Gasteiger partial charge is 0.465 e. The fourth-order valence-electron chi connectivity index (χ4n) is 4.75. The van der Waals surface area contributed by atoms with Crippen LogP contribution in [0.2, 0.25) is 0 Å². The molecule has 0 spiro atoms. The highest BCUT2D eigenvalue weighted by Crippen LogP contribution is 2.31. The molecule has 4 nitrogen and oxygen atoms in total. The first-order valence-corrected chi connectivity index (χ1v) is 15.0. The average Bonchev–Trinajstić information content (AvgIpc) is 2.87. The molecule has 36 heavy (non-hydrogen) atoms. The summed E-state index contributed by atoms with van der Waals surface area (Å²) in [5.74, 6) is -0.502. The summed E-state index contributed by atoms with van der Waals surface area (Å²) < 4.78 is 11.1. The molecule has 1 aromatic carbocycles. The Morgan fingerprint density at radius 3 is 1.58 bits per heavy atom. The summed E-state index contributed by atoms with van der Waals surface area (Å²) in [7, 11) is 0. The third-order valence-corrected chi connectivity index (χ3v) is 7.42. The number of carbonyl (C=O) groups is 2. The van der Waals surface area contributed by atoms with Gasteiger partial charge in [0.05, 0.1) is 6.61 Å². The number of ether oxygens (including phenoxy) is 2. The summed E-state index contributed by atoms with van der Waals surface area (Å²) in [6, 6.07) is 7.32. The van der Waals surface area contributed by atoms with Crippen LogP contribution in [0.3, 0.4) is 0 Å². The van der Waals surface area contributed by atoms with Gasteiger partial charge in [0, 0.05) is 0 Å². The standard InChI is InChI=1S/C32H54O4/c1-5-8-9-10-11-12-13-14-15-16-17-18-19-20-21-22-26-35-30(33)32(6-2,7-3)31(34)36-29-25-23-24-28(4)27-29/h23-25,27H,5-22,26H2,1-4H3. The Morgan fingerprint density at radius 2 is 1.14 bits per heavy atom. The van der Waals surface area contributed by atoms with Crippen LogP contribution in [-0.4, -0.2) is 18.5 Å². The first-order valence-electron chi connectivity index (χ1n) is 15.0. The summed E-state index contributed by atoms with van der Waals surface area (Å²) in [6.45, 7) is 8.28. The highest BCUT2D eigenvalue weighted by molar-refractivity contribution is 6.00. The highest BCUT2D eigenvalue weighted by atomic mass is 16.6. The van der Waals surface area contributed by atoms with E-state index in [2.05, 4.69) is 6.92 Å². The van der Waals surface area contributed by atoms with Crippen molar-refractivity contribution < 1.29 is 19.1 Å². The third kappa shape index (κ3) is 12.9. The van der Waals surface area contributed by atoms with Crippen molar-refractivity contribution >= 4 is 11.9 Å². The van der Waals surface area contributed by atoms with Crippen molar-refractivity contribution in [2.75, 3.05) is 6.61 Å². The van der Waals surface area contributed by atoms with Gasteiger partial charge in [0.15, 0.2) is 5.41 Å². The first-order chi connectivity index (χ1) is 17.5. The van der Waals surface area contributed by atoms with E-state index in [0.717, 1.165) is 18.4 Å². The third-order valence-electron chi connectivity index (χ3n) is 7.42. The van der Waals surface area contributed by atoms with Crippen LogP contribution >= 0.6 is 0 Å². The minimum atomic E-state index is -1.24. The predicted octanol–water partition coefficient (Wildman–Crippen LogP) is 9.51. The second-order valence-corrected chi connectivity index (χ2v) is 10.4. The Morgan fingerprint density at radius 1 is 0.667 bits per heavy atom. The Kier molecular flexibility index (Phi) is 18.1. The lowest BCUT2D eigenvalue weighted by Crippen LogP contribution is -2.42. The summed E-state index contributed by atoms with van der Waals surface area (Å²) in [5.41, 5.74) is -0.233. The van der Waals surface area contributed by atoms with E-state index in [-0.39, 0.29) is 0 Å². The molecule has 0 aliphatic heterocycles. The smallest absolute Gasteiger partial charge is 0.328 e. The Bertz CT molecular complexity index is 708. The van der Waals surface area contributed by atoms with Crippen molar-refractivity contribution in [1.82, 2.24) is 0 Å². The molecule has 0 radical (unpaired) electrons. The SMILES string of the molecule is CCCCCCCCCCCCCCCCCCOC(=O)C(CC)(CC)C(=O)Oc1cccc(C)c1. The van der Waals surface area contributed by atoms with Crippen LogP contribution in [0.5, 0.6) is 5.75 Å². The summed E-state index contributed by atoms with van der Waals surface area (Å²) >= 11 is 0. The maximum atomic E-state index is 12.9. The van der Waals surface area contributed by atoms with E-state index in [1.165, 1.54) is 89.9 Å². The van der Waals surface area contributed by atoms with E-state index in [9.17, 15) is 9.59 Å². The molecule has 0 aliphatic rings. The van der Waals surface area contributed by atoms with Crippen LogP contribution in [0.15, 0.2) is 24.3 Å². The maximum absolute atomic E-state index is 12.9. The fourth-order valence-corrected chi connectivity index (χ4v) is 4.75. The molecule has 0 atom stereocenters. The minimum absolute atomic E-state index is 0.367. The number of unbranched alkanes of at least 4 members (excludes halogenated alkanes) is 15. The fraction of sp³-hybridized carbons (Fsp3) is 0.750. The Balaban J connectivity index is 2.11. The molecule has 0 fully saturated rings. The molecule has 1 aromatic rings. The second-order valence-electron chi connectivity index (χ2n) is 10.4. The van der Waals surface area contributed by atoms with Gasteiger partial charge in [-0.2, -0.15) is 0 Å². The van der Waals surface area contributed by atoms with E-state index < -0.39 is 17.4 Å². The molecule has 206 valence electrons. The molecule has 0 saturated heterocycles. The lowest BCUT2D eigenvalue weighted by atomic mass is 9.82. The summed E-state index contributed by atoms with van der Waals surface area (Å²) in [4.78, 5) is 25.8. The van der Waals surface area contributed by atoms with E-state index in [4.69, 9.17) is 9.47 Å². The van der Waals surface area contributed by atoms with Crippen LogP contribution in [0.25, 0.3) is 0 Å².